The topological polar surface area (TPSA) is 89.5 Å². The third kappa shape index (κ3) is 4.13. The molecule has 180 valence electrons. The molecule has 3 aromatic rings. The fraction of sp³-hybridized carbons (Fsp3) is 0.370. The van der Waals surface area contributed by atoms with Crippen LogP contribution in [0, 0.1) is 17.8 Å². The Balaban J connectivity index is 1.39. The largest absolute Gasteiger partial charge is 0.496 e. The number of aromatic nitrogens is 3. The Labute approximate surface area is 205 Å². The van der Waals surface area contributed by atoms with E-state index in [-0.39, 0.29) is 5.91 Å². The van der Waals surface area contributed by atoms with Crippen molar-refractivity contribution in [3.63, 3.8) is 0 Å². The predicted octanol–water partition coefficient (Wildman–Crippen LogP) is 2.69. The van der Waals surface area contributed by atoms with Gasteiger partial charge in [-0.1, -0.05) is 30.7 Å². The fourth-order valence-corrected chi connectivity index (χ4v) is 5.19. The first-order chi connectivity index (χ1) is 17.0. The summed E-state index contributed by atoms with van der Waals surface area (Å²) in [5.74, 6) is 8.44. The SMILES string of the molecule is C=CC(=O)N1CCC(N2CC(C#Cc3c(-c4ccccc4OC)c4c(N)ncnc4n3C)C2)CC1. The molecular formula is C27H30N6O2. The summed E-state index contributed by atoms with van der Waals surface area (Å²) in [6.07, 6.45) is 4.89. The number of carbonyl (C=O) groups excluding carboxylic acids is 1. The highest BCUT2D eigenvalue weighted by atomic mass is 16.5. The molecule has 0 atom stereocenters. The van der Waals surface area contributed by atoms with Gasteiger partial charge in [0.1, 0.15) is 29.2 Å². The maximum Gasteiger partial charge on any atom is 0.245 e. The van der Waals surface area contributed by atoms with Gasteiger partial charge in [0.2, 0.25) is 5.91 Å². The zero-order valence-electron chi connectivity index (χ0n) is 20.2. The highest BCUT2D eigenvalue weighted by Gasteiger charge is 2.34. The number of amides is 1. The zero-order chi connectivity index (χ0) is 24.5. The van der Waals surface area contributed by atoms with Crippen LogP contribution in [-0.4, -0.2) is 69.6 Å². The average Bonchev–Trinajstić information content (AvgIpc) is 3.15. The monoisotopic (exact) mass is 470 g/mol. The minimum atomic E-state index is 0.0296. The lowest BCUT2D eigenvalue weighted by atomic mass is 9.93. The van der Waals surface area contributed by atoms with Gasteiger partial charge >= 0.3 is 0 Å². The number of benzene rings is 1. The number of rotatable bonds is 4. The molecule has 1 amide bonds. The lowest BCUT2D eigenvalue weighted by molar-refractivity contribution is -0.127. The third-order valence-corrected chi connectivity index (χ3v) is 7.14. The molecule has 5 rings (SSSR count). The van der Waals surface area contributed by atoms with Crippen molar-refractivity contribution in [1.82, 2.24) is 24.3 Å². The summed E-state index contributed by atoms with van der Waals surface area (Å²) in [6, 6.07) is 8.38. The van der Waals surface area contributed by atoms with Crippen LogP contribution in [0.2, 0.25) is 0 Å². The van der Waals surface area contributed by atoms with Gasteiger partial charge in [-0.2, -0.15) is 0 Å². The Hall–Kier alpha value is -3.83. The minimum Gasteiger partial charge on any atom is -0.496 e. The van der Waals surface area contributed by atoms with E-state index in [1.165, 1.54) is 12.4 Å². The van der Waals surface area contributed by atoms with Crippen LogP contribution in [0.4, 0.5) is 5.82 Å². The van der Waals surface area contributed by atoms with E-state index in [0.29, 0.717) is 17.8 Å². The summed E-state index contributed by atoms with van der Waals surface area (Å²) in [7, 11) is 3.62. The Morgan fingerprint density at radius 1 is 1.23 bits per heavy atom. The molecule has 0 spiro atoms. The fourth-order valence-electron chi connectivity index (χ4n) is 5.19. The normalized spacial score (nSPS) is 17.0. The van der Waals surface area contributed by atoms with Crippen LogP contribution in [0.5, 0.6) is 5.75 Å². The van der Waals surface area contributed by atoms with E-state index in [0.717, 1.165) is 72.6 Å². The molecule has 2 aromatic heterocycles. The van der Waals surface area contributed by atoms with Gasteiger partial charge < -0.3 is 19.9 Å². The van der Waals surface area contributed by atoms with Gasteiger partial charge in [-0.25, -0.2) is 9.97 Å². The lowest BCUT2D eigenvalue weighted by Gasteiger charge is -2.45. The lowest BCUT2D eigenvalue weighted by Crippen LogP contribution is -2.55. The van der Waals surface area contributed by atoms with Crippen molar-refractivity contribution in [2.75, 3.05) is 39.0 Å². The molecule has 8 heteroatoms. The molecule has 0 radical (unpaired) electrons. The number of piperidine rings is 1. The van der Waals surface area contributed by atoms with Crippen LogP contribution >= 0.6 is 0 Å². The number of para-hydroxylation sites is 1. The maximum atomic E-state index is 11.8. The number of anilines is 1. The van der Waals surface area contributed by atoms with Crippen LogP contribution in [0.3, 0.4) is 0 Å². The molecule has 0 unspecified atom stereocenters. The number of aryl methyl sites for hydroxylation is 1. The first kappa shape index (κ1) is 22.9. The molecule has 2 saturated heterocycles. The second-order valence-electron chi connectivity index (χ2n) is 9.12. The van der Waals surface area contributed by atoms with Crippen LogP contribution in [0.25, 0.3) is 22.2 Å². The number of carbonyl (C=O) groups is 1. The molecule has 35 heavy (non-hydrogen) atoms. The second-order valence-corrected chi connectivity index (χ2v) is 9.12. The minimum absolute atomic E-state index is 0.0296. The molecule has 0 bridgehead atoms. The van der Waals surface area contributed by atoms with Crippen molar-refractivity contribution in [2.24, 2.45) is 13.0 Å². The van der Waals surface area contributed by atoms with E-state index in [2.05, 4.69) is 33.3 Å². The van der Waals surface area contributed by atoms with Crippen molar-refractivity contribution >= 4 is 22.8 Å². The van der Waals surface area contributed by atoms with Crippen LogP contribution in [0.15, 0.2) is 43.2 Å². The third-order valence-electron chi connectivity index (χ3n) is 7.14. The quantitative estimate of drug-likeness (QED) is 0.466. The summed E-state index contributed by atoms with van der Waals surface area (Å²) in [5, 5.41) is 0.792. The van der Waals surface area contributed by atoms with Crippen LogP contribution < -0.4 is 10.5 Å². The highest BCUT2D eigenvalue weighted by Crippen LogP contribution is 2.40. The molecule has 2 fully saturated rings. The number of hydrogen-bond acceptors (Lipinski definition) is 6. The molecule has 0 saturated carbocycles. The van der Waals surface area contributed by atoms with Crippen molar-refractivity contribution in [3.8, 4) is 28.7 Å². The molecule has 2 N–H and O–H groups in total. The number of hydrogen-bond donors (Lipinski definition) is 1. The van der Waals surface area contributed by atoms with E-state index >= 15 is 0 Å². The number of methoxy groups -OCH3 is 1. The zero-order valence-corrected chi connectivity index (χ0v) is 20.2. The summed E-state index contributed by atoms with van der Waals surface area (Å²) in [5.41, 5.74) is 9.73. The number of nitrogens with zero attached hydrogens (tertiary/aromatic N) is 5. The highest BCUT2D eigenvalue weighted by molar-refractivity contribution is 6.04. The van der Waals surface area contributed by atoms with Crippen LogP contribution in [0.1, 0.15) is 18.5 Å². The Morgan fingerprint density at radius 3 is 2.69 bits per heavy atom. The molecule has 4 heterocycles. The second kappa shape index (κ2) is 9.43. The van der Waals surface area contributed by atoms with Gasteiger partial charge in [0, 0.05) is 56.3 Å². The number of fused-ring (bicyclic) bond motifs is 1. The molecular weight excluding hydrogens is 440 g/mol. The molecule has 1 aromatic carbocycles. The predicted molar refractivity (Wildman–Crippen MR) is 137 cm³/mol. The van der Waals surface area contributed by atoms with Crippen molar-refractivity contribution < 1.29 is 9.53 Å². The molecule has 2 aliphatic rings. The van der Waals surface area contributed by atoms with Gasteiger partial charge in [-0.15, -0.1) is 0 Å². The molecule has 8 nitrogen and oxygen atoms in total. The molecule has 2 aliphatic heterocycles. The Kier molecular flexibility index (Phi) is 6.18. The van der Waals surface area contributed by atoms with Gasteiger partial charge in [-0.3, -0.25) is 9.69 Å². The van der Waals surface area contributed by atoms with E-state index in [1.54, 1.807) is 7.11 Å². The smallest absolute Gasteiger partial charge is 0.245 e. The van der Waals surface area contributed by atoms with Crippen molar-refractivity contribution in [1.29, 1.82) is 0 Å². The summed E-state index contributed by atoms with van der Waals surface area (Å²) >= 11 is 0. The first-order valence-electron chi connectivity index (χ1n) is 11.9. The van der Waals surface area contributed by atoms with Gasteiger partial charge in [0.05, 0.1) is 12.5 Å². The van der Waals surface area contributed by atoms with Gasteiger partial charge in [0.15, 0.2) is 0 Å². The molecule has 0 aliphatic carbocycles. The Bertz CT molecular complexity index is 1340. The first-order valence-corrected chi connectivity index (χ1v) is 11.9. The average molecular weight is 471 g/mol. The summed E-state index contributed by atoms with van der Waals surface area (Å²) in [4.78, 5) is 24.9. The number of ether oxygens (including phenoxy) is 1. The van der Waals surface area contributed by atoms with Gasteiger partial charge in [-0.05, 0) is 30.9 Å². The number of likely N-dealkylation sites (tertiary alicyclic amines) is 2. The standard InChI is InChI=1S/C27H30N6O2/c1-4-23(34)32-13-11-19(12-14-32)33-15-18(16-33)9-10-21-24(20-7-5-6-8-22(20)35-3)25-26(28)29-17-30-27(25)31(21)2/h4-8,17-19H,1,11-16H2,2-3H3,(H2,28,29,30). The summed E-state index contributed by atoms with van der Waals surface area (Å²) < 4.78 is 7.64. The van der Waals surface area contributed by atoms with E-state index in [4.69, 9.17) is 10.5 Å². The van der Waals surface area contributed by atoms with Crippen LogP contribution in [-0.2, 0) is 11.8 Å². The number of nitrogens with two attached hydrogens (primary N) is 1. The maximum absolute atomic E-state index is 11.8. The van der Waals surface area contributed by atoms with Crippen molar-refractivity contribution in [2.45, 2.75) is 18.9 Å². The van der Waals surface area contributed by atoms with Gasteiger partial charge in [0.25, 0.3) is 0 Å². The number of nitrogen functional groups attached to an aromatic ring is 1. The Morgan fingerprint density at radius 2 is 1.97 bits per heavy atom. The summed E-state index contributed by atoms with van der Waals surface area (Å²) in [6.45, 7) is 7.08. The van der Waals surface area contributed by atoms with E-state index in [9.17, 15) is 4.79 Å². The van der Waals surface area contributed by atoms with Crippen molar-refractivity contribution in [3.05, 3.63) is 48.9 Å². The van der Waals surface area contributed by atoms with E-state index < -0.39 is 0 Å². The van der Waals surface area contributed by atoms with E-state index in [1.807, 2.05) is 40.8 Å².